The molecule has 0 aliphatic heterocycles. The van der Waals surface area contributed by atoms with Crippen LogP contribution in [0.4, 0.5) is 5.69 Å². The average molecular weight is 269 g/mol. The molecule has 2 aromatic rings. The van der Waals surface area contributed by atoms with Gasteiger partial charge in [0.25, 0.3) is 0 Å². The Bertz CT molecular complexity index is 508. The van der Waals surface area contributed by atoms with E-state index >= 15 is 0 Å². The van der Waals surface area contributed by atoms with Gasteiger partial charge in [0.2, 0.25) is 0 Å². The molecule has 1 aromatic carbocycles. The molecule has 0 fully saturated rings. The summed E-state index contributed by atoms with van der Waals surface area (Å²) in [5, 5.41) is 0. The normalized spacial score (nSPS) is 12.6. The summed E-state index contributed by atoms with van der Waals surface area (Å²) in [6.07, 6.45) is 4.88. The van der Waals surface area contributed by atoms with Crippen molar-refractivity contribution in [1.82, 2.24) is 9.88 Å². The van der Waals surface area contributed by atoms with Crippen molar-refractivity contribution in [1.29, 1.82) is 0 Å². The second kappa shape index (κ2) is 7.06. The summed E-state index contributed by atoms with van der Waals surface area (Å²) in [6.45, 7) is 4.28. The molecule has 106 valence electrons. The van der Waals surface area contributed by atoms with Gasteiger partial charge >= 0.3 is 0 Å². The van der Waals surface area contributed by atoms with Crippen LogP contribution in [0.15, 0.2) is 48.8 Å². The van der Waals surface area contributed by atoms with E-state index in [0.717, 1.165) is 25.2 Å². The van der Waals surface area contributed by atoms with Crippen LogP contribution in [0.25, 0.3) is 0 Å². The van der Waals surface area contributed by atoms with Crippen LogP contribution >= 0.6 is 0 Å². The van der Waals surface area contributed by atoms with Gasteiger partial charge in [-0.05, 0) is 55.3 Å². The Labute approximate surface area is 121 Å². The fourth-order valence-corrected chi connectivity index (χ4v) is 2.29. The maximum absolute atomic E-state index is 5.72. The predicted molar refractivity (Wildman–Crippen MR) is 84.5 cm³/mol. The Morgan fingerprint density at radius 1 is 1.20 bits per heavy atom. The van der Waals surface area contributed by atoms with Crippen LogP contribution < -0.4 is 5.73 Å². The summed E-state index contributed by atoms with van der Waals surface area (Å²) in [7, 11) is 2.16. The van der Waals surface area contributed by atoms with Crippen molar-refractivity contribution in [3.63, 3.8) is 0 Å². The molecule has 1 heterocycles. The Balaban J connectivity index is 1.81. The molecule has 0 spiro atoms. The Morgan fingerprint density at radius 3 is 2.60 bits per heavy atom. The SMILES string of the molecule is CC(CCN(C)Cc1cccnc1)c1ccc(N)cc1. The van der Waals surface area contributed by atoms with Gasteiger partial charge in [0.05, 0.1) is 0 Å². The van der Waals surface area contributed by atoms with Gasteiger partial charge in [0, 0.05) is 24.6 Å². The molecule has 2 N–H and O–H groups in total. The second-order valence-corrected chi connectivity index (χ2v) is 5.46. The maximum atomic E-state index is 5.72. The van der Waals surface area contributed by atoms with E-state index in [-0.39, 0.29) is 0 Å². The first kappa shape index (κ1) is 14.5. The lowest BCUT2D eigenvalue weighted by atomic mass is 9.97. The predicted octanol–water partition coefficient (Wildman–Crippen LogP) is 3.29. The number of hydrogen-bond donors (Lipinski definition) is 1. The third kappa shape index (κ3) is 4.35. The van der Waals surface area contributed by atoms with Gasteiger partial charge in [-0.1, -0.05) is 25.1 Å². The fraction of sp³-hybridized carbons (Fsp3) is 0.353. The zero-order valence-corrected chi connectivity index (χ0v) is 12.3. The topological polar surface area (TPSA) is 42.2 Å². The van der Waals surface area contributed by atoms with Crippen molar-refractivity contribution < 1.29 is 0 Å². The van der Waals surface area contributed by atoms with Crippen molar-refractivity contribution in [2.24, 2.45) is 0 Å². The molecular weight excluding hydrogens is 246 g/mol. The van der Waals surface area contributed by atoms with E-state index < -0.39 is 0 Å². The molecular formula is C17H23N3. The van der Waals surface area contributed by atoms with E-state index in [4.69, 9.17) is 5.73 Å². The van der Waals surface area contributed by atoms with Crippen LogP contribution in [0.3, 0.4) is 0 Å². The molecule has 3 heteroatoms. The minimum absolute atomic E-state index is 0.548. The first-order valence-corrected chi connectivity index (χ1v) is 7.08. The molecule has 0 amide bonds. The van der Waals surface area contributed by atoms with E-state index in [1.807, 2.05) is 30.6 Å². The molecule has 1 unspecified atom stereocenters. The minimum Gasteiger partial charge on any atom is -0.399 e. The third-order valence-corrected chi connectivity index (χ3v) is 3.62. The van der Waals surface area contributed by atoms with Gasteiger partial charge in [0.15, 0.2) is 0 Å². The van der Waals surface area contributed by atoms with Crippen LogP contribution in [-0.4, -0.2) is 23.5 Å². The molecule has 2 rings (SSSR count). The van der Waals surface area contributed by atoms with Gasteiger partial charge in [-0.2, -0.15) is 0 Å². The molecule has 20 heavy (non-hydrogen) atoms. The standard InChI is InChI=1S/C17H23N3/c1-14(16-5-7-17(18)8-6-16)9-11-20(2)13-15-4-3-10-19-12-15/h3-8,10,12,14H,9,11,13,18H2,1-2H3. The Hall–Kier alpha value is -1.87. The third-order valence-electron chi connectivity index (χ3n) is 3.62. The maximum Gasteiger partial charge on any atom is 0.0314 e. The number of nitrogens with zero attached hydrogens (tertiary/aromatic N) is 2. The quantitative estimate of drug-likeness (QED) is 0.818. The van der Waals surface area contributed by atoms with Crippen LogP contribution in [0.5, 0.6) is 0 Å². The van der Waals surface area contributed by atoms with Gasteiger partial charge in [-0.25, -0.2) is 0 Å². The zero-order chi connectivity index (χ0) is 14.4. The van der Waals surface area contributed by atoms with E-state index in [0.29, 0.717) is 5.92 Å². The Morgan fingerprint density at radius 2 is 1.95 bits per heavy atom. The van der Waals surface area contributed by atoms with Crippen molar-refractivity contribution in [3.05, 3.63) is 59.9 Å². The van der Waals surface area contributed by atoms with Crippen molar-refractivity contribution >= 4 is 5.69 Å². The van der Waals surface area contributed by atoms with Gasteiger partial charge in [0.1, 0.15) is 0 Å². The van der Waals surface area contributed by atoms with Crippen LogP contribution in [0, 0.1) is 0 Å². The summed E-state index contributed by atoms with van der Waals surface area (Å²) in [6, 6.07) is 12.3. The van der Waals surface area contributed by atoms with Crippen LogP contribution in [0.1, 0.15) is 30.4 Å². The molecule has 0 radical (unpaired) electrons. The number of benzene rings is 1. The molecule has 1 atom stereocenters. The lowest BCUT2D eigenvalue weighted by molar-refractivity contribution is 0.313. The number of hydrogen-bond acceptors (Lipinski definition) is 3. The summed E-state index contributed by atoms with van der Waals surface area (Å²) in [4.78, 5) is 6.49. The van der Waals surface area contributed by atoms with E-state index in [9.17, 15) is 0 Å². The number of anilines is 1. The number of aromatic nitrogens is 1. The highest BCUT2D eigenvalue weighted by Gasteiger charge is 2.07. The number of nitrogens with two attached hydrogens (primary N) is 1. The lowest BCUT2D eigenvalue weighted by Crippen LogP contribution is -2.20. The summed E-state index contributed by atoms with van der Waals surface area (Å²) in [5.74, 6) is 0.548. The Kier molecular flexibility index (Phi) is 5.13. The first-order valence-electron chi connectivity index (χ1n) is 7.08. The highest BCUT2D eigenvalue weighted by molar-refractivity contribution is 5.40. The molecule has 0 bridgehead atoms. The highest BCUT2D eigenvalue weighted by Crippen LogP contribution is 2.20. The first-order chi connectivity index (χ1) is 9.65. The molecule has 1 aromatic heterocycles. The van der Waals surface area contributed by atoms with E-state index in [1.54, 1.807) is 0 Å². The number of rotatable bonds is 6. The number of nitrogen functional groups attached to an aromatic ring is 1. The van der Waals surface area contributed by atoms with Gasteiger partial charge < -0.3 is 10.6 Å². The average Bonchev–Trinajstić information content (AvgIpc) is 2.46. The van der Waals surface area contributed by atoms with E-state index in [1.165, 1.54) is 11.1 Å². The summed E-state index contributed by atoms with van der Waals surface area (Å²) >= 11 is 0. The summed E-state index contributed by atoms with van der Waals surface area (Å²) < 4.78 is 0. The second-order valence-electron chi connectivity index (χ2n) is 5.46. The monoisotopic (exact) mass is 269 g/mol. The van der Waals surface area contributed by atoms with Gasteiger partial charge in [-0.3, -0.25) is 4.98 Å². The molecule has 0 saturated heterocycles. The smallest absolute Gasteiger partial charge is 0.0314 e. The van der Waals surface area contributed by atoms with Crippen molar-refractivity contribution in [3.8, 4) is 0 Å². The fourth-order valence-electron chi connectivity index (χ4n) is 2.29. The zero-order valence-electron chi connectivity index (χ0n) is 12.3. The molecule has 0 aliphatic carbocycles. The van der Waals surface area contributed by atoms with Gasteiger partial charge in [-0.15, -0.1) is 0 Å². The lowest BCUT2D eigenvalue weighted by Gasteiger charge is -2.19. The number of pyridine rings is 1. The molecule has 3 nitrogen and oxygen atoms in total. The van der Waals surface area contributed by atoms with Crippen LogP contribution in [0.2, 0.25) is 0 Å². The van der Waals surface area contributed by atoms with Crippen molar-refractivity contribution in [2.75, 3.05) is 19.3 Å². The summed E-state index contributed by atoms with van der Waals surface area (Å²) in [5.41, 5.74) is 9.16. The highest BCUT2D eigenvalue weighted by atomic mass is 15.1. The minimum atomic E-state index is 0.548. The van der Waals surface area contributed by atoms with Crippen molar-refractivity contribution in [2.45, 2.75) is 25.8 Å². The molecule has 0 aliphatic rings. The largest absolute Gasteiger partial charge is 0.399 e. The van der Waals surface area contributed by atoms with E-state index in [2.05, 4.69) is 42.1 Å². The molecule has 0 saturated carbocycles. The van der Waals surface area contributed by atoms with Crippen LogP contribution in [-0.2, 0) is 6.54 Å².